The van der Waals surface area contributed by atoms with Crippen LogP contribution >= 0.6 is 47.2 Å². The van der Waals surface area contributed by atoms with Crippen molar-refractivity contribution in [3.63, 3.8) is 0 Å². The van der Waals surface area contributed by atoms with Crippen LogP contribution in [0.4, 0.5) is 8.78 Å². The van der Waals surface area contributed by atoms with Crippen LogP contribution in [0.5, 0.6) is 5.75 Å². The fraction of sp³-hybridized carbons (Fsp3) is 0.611. The zero-order valence-corrected chi connectivity index (χ0v) is 20.4. The molecule has 0 bridgehead atoms. The van der Waals surface area contributed by atoms with E-state index < -0.39 is 6.61 Å². The lowest BCUT2D eigenvalue weighted by atomic mass is 10.2. The van der Waals surface area contributed by atoms with Crippen LogP contribution in [0.1, 0.15) is 12.5 Å². The van der Waals surface area contributed by atoms with Gasteiger partial charge in [-0.3, -0.25) is 9.89 Å². The predicted molar refractivity (Wildman–Crippen MR) is 125 cm³/mol. The molecule has 1 aliphatic rings. The maximum atomic E-state index is 12.7. The summed E-state index contributed by atoms with van der Waals surface area (Å²) in [7, 11) is 1.65. The molecule has 0 aliphatic carbocycles. The molecule has 1 aliphatic heterocycles. The van der Waals surface area contributed by atoms with Gasteiger partial charge in [0.25, 0.3) is 0 Å². The number of rotatable bonds is 8. The molecule has 0 amide bonds. The average molecular weight is 566 g/mol. The molecule has 1 heterocycles. The Kier molecular flexibility index (Phi) is 12.4. The Morgan fingerprint density at radius 1 is 1.17 bits per heavy atom. The first-order valence-electron chi connectivity index (χ1n) is 9.24. The van der Waals surface area contributed by atoms with Crippen molar-refractivity contribution in [1.82, 2.24) is 20.4 Å². The van der Waals surface area contributed by atoms with Gasteiger partial charge in [-0.25, -0.2) is 0 Å². The fourth-order valence-corrected chi connectivity index (χ4v) is 3.61. The Hall–Kier alpha value is -0.620. The summed E-state index contributed by atoms with van der Waals surface area (Å²) < 4.78 is 29.9. The van der Waals surface area contributed by atoms with Crippen molar-refractivity contribution in [3.8, 4) is 5.75 Å². The number of halogens is 5. The highest BCUT2D eigenvalue weighted by Gasteiger charge is 2.16. The van der Waals surface area contributed by atoms with E-state index in [4.69, 9.17) is 23.2 Å². The highest BCUT2D eigenvalue weighted by Crippen LogP contribution is 2.33. The number of ether oxygens (including phenoxy) is 1. The van der Waals surface area contributed by atoms with Gasteiger partial charge < -0.3 is 20.3 Å². The van der Waals surface area contributed by atoms with Gasteiger partial charge in [0.05, 0.1) is 5.02 Å². The second kappa shape index (κ2) is 13.6. The standard InChI is InChI=1S/C18H27Cl2F2N5O.HI/c1-3-26-6-8-27(9-7-26)5-4-24-18(23-2)25-12-13-10-14(19)11-15(20)16(13)28-17(21)22;/h10-11,17H,3-9,12H2,1-2H3,(H2,23,24,25);1H. The average Bonchev–Trinajstić information content (AvgIpc) is 2.67. The second-order valence-corrected chi connectivity index (χ2v) is 7.23. The van der Waals surface area contributed by atoms with Crippen molar-refractivity contribution in [2.24, 2.45) is 4.99 Å². The van der Waals surface area contributed by atoms with Crippen LogP contribution in [-0.4, -0.2) is 75.2 Å². The summed E-state index contributed by atoms with van der Waals surface area (Å²) in [5, 5.41) is 6.69. The molecule has 1 aromatic rings. The molecular formula is C18H28Cl2F2IN5O. The summed E-state index contributed by atoms with van der Waals surface area (Å²) in [6.07, 6.45) is 0. The van der Waals surface area contributed by atoms with Crippen LogP contribution in [0, 0.1) is 0 Å². The number of aliphatic imine (C=N–C) groups is 1. The Balaban J connectivity index is 0.00000420. The van der Waals surface area contributed by atoms with E-state index in [9.17, 15) is 8.78 Å². The van der Waals surface area contributed by atoms with Crippen molar-refractivity contribution < 1.29 is 13.5 Å². The number of hydrogen-bond donors (Lipinski definition) is 2. The number of nitrogens with zero attached hydrogens (tertiary/aromatic N) is 3. The summed E-state index contributed by atoms with van der Waals surface area (Å²) in [6, 6.07) is 2.91. The van der Waals surface area contributed by atoms with E-state index in [2.05, 4.69) is 37.1 Å². The second-order valence-electron chi connectivity index (χ2n) is 6.38. The zero-order chi connectivity index (χ0) is 20.5. The highest BCUT2D eigenvalue weighted by molar-refractivity contribution is 14.0. The lowest BCUT2D eigenvalue weighted by Crippen LogP contribution is -2.49. The maximum absolute atomic E-state index is 12.7. The number of benzene rings is 1. The molecule has 0 unspecified atom stereocenters. The van der Waals surface area contributed by atoms with Gasteiger partial charge in [0.1, 0.15) is 5.75 Å². The number of alkyl halides is 2. The zero-order valence-electron chi connectivity index (χ0n) is 16.6. The topological polar surface area (TPSA) is 52.1 Å². The Morgan fingerprint density at radius 3 is 2.41 bits per heavy atom. The van der Waals surface area contributed by atoms with E-state index >= 15 is 0 Å². The van der Waals surface area contributed by atoms with E-state index in [1.807, 2.05) is 0 Å². The van der Waals surface area contributed by atoms with Gasteiger partial charge in [-0.2, -0.15) is 8.78 Å². The van der Waals surface area contributed by atoms with Gasteiger partial charge in [0, 0.05) is 63.4 Å². The first kappa shape index (κ1) is 26.4. The van der Waals surface area contributed by atoms with Gasteiger partial charge >= 0.3 is 6.61 Å². The molecule has 11 heteroatoms. The normalized spacial score (nSPS) is 15.9. The molecule has 2 rings (SSSR count). The van der Waals surface area contributed by atoms with Crippen molar-refractivity contribution in [3.05, 3.63) is 27.7 Å². The van der Waals surface area contributed by atoms with E-state index in [1.165, 1.54) is 6.07 Å². The van der Waals surface area contributed by atoms with Gasteiger partial charge in [-0.1, -0.05) is 30.1 Å². The molecule has 0 aromatic heterocycles. The Bertz CT molecular complexity index is 661. The van der Waals surface area contributed by atoms with Crippen LogP contribution in [0.2, 0.25) is 10.0 Å². The Morgan fingerprint density at radius 2 is 1.83 bits per heavy atom. The molecule has 166 valence electrons. The van der Waals surface area contributed by atoms with E-state index in [0.717, 1.165) is 45.8 Å². The van der Waals surface area contributed by atoms with E-state index in [-0.39, 0.29) is 41.3 Å². The van der Waals surface area contributed by atoms with Crippen molar-refractivity contribution >= 4 is 53.1 Å². The van der Waals surface area contributed by atoms with Gasteiger partial charge in [0.2, 0.25) is 0 Å². The van der Waals surface area contributed by atoms with Crippen molar-refractivity contribution in [1.29, 1.82) is 0 Å². The molecule has 1 saturated heterocycles. The van der Waals surface area contributed by atoms with Gasteiger partial charge in [-0.15, -0.1) is 24.0 Å². The highest BCUT2D eigenvalue weighted by atomic mass is 127. The molecule has 6 nitrogen and oxygen atoms in total. The SMILES string of the molecule is CCN1CCN(CCNC(=NC)NCc2cc(Cl)cc(Cl)c2OC(F)F)CC1.I. The monoisotopic (exact) mass is 565 g/mol. The summed E-state index contributed by atoms with van der Waals surface area (Å²) >= 11 is 12.0. The molecule has 1 aromatic carbocycles. The molecule has 0 atom stereocenters. The number of guanidine groups is 1. The van der Waals surface area contributed by atoms with Crippen LogP contribution < -0.4 is 15.4 Å². The lowest BCUT2D eigenvalue weighted by Gasteiger charge is -2.34. The minimum atomic E-state index is -2.97. The summed E-state index contributed by atoms with van der Waals surface area (Å²) in [6.45, 7) is 6.40. The molecule has 0 saturated carbocycles. The lowest BCUT2D eigenvalue weighted by molar-refractivity contribution is -0.0504. The molecule has 0 radical (unpaired) electrons. The molecule has 0 spiro atoms. The van der Waals surface area contributed by atoms with E-state index in [0.29, 0.717) is 16.5 Å². The third-order valence-corrected chi connectivity index (χ3v) is 5.09. The third-order valence-electron chi connectivity index (χ3n) is 4.59. The van der Waals surface area contributed by atoms with Crippen molar-refractivity contribution in [2.45, 2.75) is 20.1 Å². The number of piperazine rings is 1. The number of likely N-dealkylation sites (N-methyl/N-ethyl adjacent to an activating group) is 1. The quantitative estimate of drug-likeness (QED) is 0.287. The predicted octanol–water partition coefficient (Wildman–Crippen LogP) is 3.52. The minimum Gasteiger partial charge on any atom is -0.433 e. The smallest absolute Gasteiger partial charge is 0.387 e. The van der Waals surface area contributed by atoms with Gasteiger partial charge in [0.15, 0.2) is 5.96 Å². The summed E-state index contributed by atoms with van der Waals surface area (Å²) in [4.78, 5) is 8.99. The first-order valence-corrected chi connectivity index (χ1v) is 10.0. The fourth-order valence-electron chi connectivity index (χ4n) is 3.03. The first-order chi connectivity index (χ1) is 13.4. The van der Waals surface area contributed by atoms with Crippen LogP contribution in [-0.2, 0) is 6.54 Å². The Labute approximate surface area is 198 Å². The van der Waals surface area contributed by atoms with E-state index in [1.54, 1.807) is 13.1 Å². The maximum Gasteiger partial charge on any atom is 0.387 e. The van der Waals surface area contributed by atoms with Crippen LogP contribution in [0.3, 0.4) is 0 Å². The largest absolute Gasteiger partial charge is 0.433 e. The molecule has 2 N–H and O–H groups in total. The van der Waals surface area contributed by atoms with Gasteiger partial charge in [-0.05, 0) is 18.7 Å². The minimum absolute atomic E-state index is 0. The number of nitrogens with one attached hydrogen (secondary N) is 2. The summed E-state index contributed by atoms with van der Waals surface area (Å²) in [5.41, 5.74) is 0.427. The molecular weight excluding hydrogens is 538 g/mol. The molecule has 29 heavy (non-hydrogen) atoms. The van der Waals surface area contributed by atoms with Crippen LogP contribution in [0.25, 0.3) is 0 Å². The molecule has 1 fully saturated rings. The van der Waals surface area contributed by atoms with Crippen LogP contribution in [0.15, 0.2) is 17.1 Å². The number of hydrogen-bond acceptors (Lipinski definition) is 4. The third kappa shape index (κ3) is 8.95. The summed E-state index contributed by atoms with van der Waals surface area (Å²) in [5.74, 6) is 0.476. The van der Waals surface area contributed by atoms with Crippen molar-refractivity contribution in [2.75, 3.05) is 52.9 Å².